The normalized spacial score (nSPS) is 10.4. The number of hydrogen-bond acceptors (Lipinski definition) is 2. The van der Waals surface area contributed by atoms with Crippen molar-refractivity contribution in [1.82, 2.24) is 0 Å². The monoisotopic (exact) mass is 154 g/mol. The van der Waals surface area contributed by atoms with Crippen LogP contribution in [0.15, 0.2) is 23.5 Å². The molecule has 11 heavy (non-hydrogen) atoms. The van der Waals surface area contributed by atoms with Gasteiger partial charge in [-0.05, 0) is 18.9 Å². The molecular formula is C9H18N2. The molecule has 0 radical (unpaired) electrons. The lowest BCUT2D eigenvalue weighted by Gasteiger charge is -1.94. The molecule has 2 heteroatoms. The molecule has 0 unspecified atom stereocenters. The molecule has 0 aromatic carbocycles. The Labute approximate surface area is 69.0 Å². The SMILES string of the molecule is CCCCC=CC(C)=C(N)N. The molecule has 0 atom stereocenters. The van der Waals surface area contributed by atoms with E-state index in [-0.39, 0.29) is 0 Å². The van der Waals surface area contributed by atoms with Crippen molar-refractivity contribution in [2.24, 2.45) is 11.5 Å². The van der Waals surface area contributed by atoms with E-state index in [1.54, 1.807) is 0 Å². The molecule has 0 bridgehead atoms. The Morgan fingerprint density at radius 3 is 2.45 bits per heavy atom. The van der Waals surface area contributed by atoms with Crippen LogP contribution in [0.5, 0.6) is 0 Å². The van der Waals surface area contributed by atoms with Gasteiger partial charge in [0.15, 0.2) is 0 Å². The molecule has 64 valence electrons. The lowest BCUT2D eigenvalue weighted by Crippen LogP contribution is -2.09. The van der Waals surface area contributed by atoms with Gasteiger partial charge in [0, 0.05) is 0 Å². The third-order valence-corrected chi connectivity index (χ3v) is 1.55. The molecule has 4 N–H and O–H groups in total. The highest BCUT2D eigenvalue weighted by atomic mass is 14.8. The minimum atomic E-state index is 0.415. The molecule has 0 aliphatic carbocycles. The summed E-state index contributed by atoms with van der Waals surface area (Å²) >= 11 is 0. The maximum Gasteiger partial charge on any atom is 0.0963 e. The van der Waals surface area contributed by atoms with E-state index in [1.165, 1.54) is 12.8 Å². The molecule has 0 aliphatic rings. The van der Waals surface area contributed by atoms with E-state index < -0.39 is 0 Å². The lowest BCUT2D eigenvalue weighted by molar-refractivity contribution is 0.814. The molecule has 0 saturated heterocycles. The lowest BCUT2D eigenvalue weighted by atomic mass is 10.2. The van der Waals surface area contributed by atoms with Crippen LogP contribution >= 0.6 is 0 Å². The minimum Gasteiger partial charge on any atom is -0.385 e. The van der Waals surface area contributed by atoms with Crippen LogP contribution in [0.2, 0.25) is 0 Å². The van der Waals surface area contributed by atoms with Crippen molar-refractivity contribution in [3.8, 4) is 0 Å². The fourth-order valence-electron chi connectivity index (χ4n) is 0.678. The summed E-state index contributed by atoms with van der Waals surface area (Å²) in [5.41, 5.74) is 11.7. The quantitative estimate of drug-likeness (QED) is 0.480. The van der Waals surface area contributed by atoms with Crippen LogP contribution in [0.25, 0.3) is 0 Å². The van der Waals surface area contributed by atoms with Crippen molar-refractivity contribution >= 4 is 0 Å². The number of allylic oxidation sites excluding steroid dienone is 3. The molecular weight excluding hydrogens is 136 g/mol. The van der Waals surface area contributed by atoms with E-state index in [4.69, 9.17) is 11.5 Å². The van der Waals surface area contributed by atoms with Gasteiger partial charge in [-0.3, -0.25) is 0 Å². The Morgan fingerprint density at radius 1 is 1.36 bits per heavy atom. The van der Waals surface area contributed by atoms with Gasteiger partial charge in [-0.2, -0.15) is 0 Å². The minimum absolute atomic E-state index is 0.415. The summed E-state index contributed by atoms with van der Waals surface area (Å²) in [6, 6.07) is 0. The van der Waals surface area contributed by atoms with Gasteiger partial charge in [0.2, 0.25) is 0 Å². The van der Waals surface area contributed by atoms with Crippen molar-refractivity contribution in [3.05, 3.63) is 23.5 Å². The average Bonchev–Trinajstić information content (AvgIpc) is 1.97. The van der Waals surface area contributed by atoms with Crippen molar-refractivity contribution in [1.29, 1.82) is 0 Å². The van der Waals surface area contributed by atoms with Crippen LogP contribution in [0, 0.1) is 0 Å². The molecule has 0 saturated carbocycles. The van der Waals surface area contributed by atoms with Crippen molar-refractivity contribution in [2.45, 2.75) is 33.1 Å². The van der Waals surface area contributed by atoms with Gasteiger partial charge in [-0.25, -0.2) is 0 Å². The second kappa shape index (κ2) is 5.83. The van der Waals surface area contributed by atoms with Gasteiger partial charge in [0.05, 0.1) is 5.82 Å². The first-order valence-corrected chi connectivity index (χ1v) is 4.06. The third-order valence-electron chi connectivity index (χ3n) is 1.55. The first-order chi connectivity index (χ1) is 5.18. The summed E-state index contributed by atoms with van der Waals surface area (Å²) < 4.78 is 0. The molecule has 0 heterocycles. The van der Waals surface area contributed by atoms with E-state index in [1.807, 2.05) is 13.0 Å². The Balaban J connectivity index is 3.66. The van der Waals surface area contributed by atoms with E-state index in [0.29, 0.717) is 5.82 Å². The largest absolute Gasteiger partial charge is 0.385 e. The molecule has 0 aromatic rings. The molecule has 0 spiro atoms. The molecule has 2 nitrogen and oxygen atoms in total. The fourth-order valence-corrected chi connectivity index (χ4v) is 0.678. The van der Waals surface area contributed by atoms with Gasteiger partial charge in [-0.15, -0.1) is 0 Å². The molecule has 0 aromatic heterocycles. The van der Waals surface area contributed by atoms with Crippen molar-refractivity contribution < 1.29 is 0 Å². The zero-order valence-electron chi connectivity index (χ0n) is 7.43. The zero-order chi connectivity index (χ0) is 8.69. The molecule has 0 aliphatic heterocycles. The van der Waals surface area contributed by atoms with Gasteiger partial charge >= 0.3 is 0 Å². The second-order valence-electron chi connectivity index (χ2n) is 2.68. The van der Waals surface area contributed by atoms with Gasteiger partial charge in [0.1, 0.15) is 0 Å². The average molecular weight is 154 g/mol. The van der Waals surface area contributed by atoms with Gasteiger partial charge in [-0.1, -0.05) is 31.9 Å². The van der Waals surface area contributed by atoms with E-state index in [2.05, 4.69) is 13.0 Å². The summed E-state index contributed by atoms with van der Waals surface area (Å²) in [7, 11) is 0. The number of unbranched alkanes of at least 4 members (excludes halogenated alkanes) is 2. The summed E-state index contributed by atoms with van der Waals surface area (Å²) in [5, 5.41) is 0. The predicted molar refractivity (Wildman–Crippen MR) is 49.7 cm³/mol. The number of rotatable bonds is 4. The Bertz CT molecular complexity index is 153. The second-order valence-corrected chi connectivity index (χ2v) is 2.68. The Morgan fingerprint density at radius 2 is 2.00 bits per heavy atom. The fraction of sp³-hybridized carbons (Fsp3) is 0.556. The van der Waals surface area contributed by atoms with E-state index in [0.717, 1.165) is 12.0 Å². The van der Waals surface area contributed by atoms with Gasteiger partial charge < -0.3 is 11.5 Å². The highest BCUT2D eigenvalue weighted by molar-refractivity contribution is 5.19. The summed E-state index contributed by atoms with van der Waals surface area (Å²) in [4.78, 5) is 0. The number of nitrogens with two attached hydrogens (primary N) is 2. The van der Waals surface area contributed by atoms with Crippen LogP contribution in [-0.4, -0.2) is 0 Å². The van der Waals surface area contributed by atoms with Crippen molar-refractivity contribution in [3.63, 3.8) is 0 Å². The zero-order valence-corrected chi connectivity index (χ0v) is 7.43. The first-order valence-electron chi connectivity index (χ1n) is 4.06. The molecule has 0 fully saturated rings. The highest BCUT2D eigenvalue weighted by Crippen LogP contribution is 1.99. The van der Waals surface area contributed by atoms with E-state index in [9.17, 15) is 0 Å². The summed E-state index contributed by atoms with van der Waals surface area (Å²) in [6.07, 6.45) is 7.66. The van der Waals surface area contributed by atoms with Crippen LogP contribution in [0.3, 0.4) is 0 Å². The smallest absolute Gasteiger partial charge is 0.0963 e. The Hall–Kier alpha value is -0.920. The maximum atomic E-state index is 5.36. The first kappa shape index (κ1) is 10.1. The van der Waals surface area contributed by atoms with Crippen LogP contribution < -0.4 is 11.5 Å². The van der Waals surface area contributed by atoms with Crippen LogP contribution in [0.1, 0.15) is 33.1 Å². The van der Waals surface area contributed by atoms with Crippen LogP contribution in [-0.2, 0) is 0 Å². The standard InChI is InChI=1S/C9H18N2/c1-3-4-5-6-7-8(2)9(10)11/h6-7H,3-5,10-11H2,1-2H3. The number of hydrogen-bond donors (Lipinski definition) is 2. The summed E-state index contributed by atoms with van der Waals surface area (Å²) in [6.45, 7) is 4.09. The predicted octanol–water partition coefficient (Wildman–Crippen LogP) is 1.88. The maximum absolute atomic E-state index is 5.36. The Kier molecular flexibility index (Phi) is 5.35. The highest BCUT2D eigenvalue weighted by Gasteiger charge is 1.85. The third kappa shape index (κ3) is 5.52. The van der Waals surface area contributed by atoms with Gasteiger partial charge in [0.25, 0.3) is 0 Å². The van der Waals surface area contributed by atoms with Crippen molar-refractivity contribution in [2.75, 3.05) is 0 Å². The molecule has 0 rings (SSSR count). The van der Waals surface area contributed by atoms with E-state index >= 15 is 0 Å². The van der Waals surface area contributed by atoms with Crippen LogP contribution in [0.4, 0.5) is 0 Å². The summed E-state index contributed by atoms with van der Waals surface area (Å²) in [5.74, 6) is 0.415. The topological polar surface area (TPSA) is 52.0 Å². The molecule has 0 amide bonds.